The van der Waals surface area contributed by atoms with E-state index in [1.54, 1.807) is 6.26 Å². The lowest BCUT2D eigenvalue weighted by atomic mass is 10.1. The number of rotatable bonds is 1. The fraction of sp³-hybridized carbons (Fsp3) is 0.400. The van der Waals surface area contributed by atoms with E-state index in [-0.39, 0.29) is 6.10 Å². The minimum atomic E-state index is 0.238. The predicted octanol–water partition coefficient (Wildman–Crippen LogP) is 2.57. The fourth-order valence-corrected chi connectivity index (χ4v) is 1.55. The van der Waals surface area contributed by atoms with Gasteiger partial charge in [0, 0.05) is 0 Å². The second-order valence-electron chi connectivity index (χ2n) is 2.94. The predicted molar refractivity (Wildman–Crippen MR) is 45.1 cm³/mol. The lowest BCUT2D eigenvalue weighted by Gasteiger charge is -2.15. The second-order valence-corrected chi connectivity index (χ2v) is 2.94. The van der Waals surface area contributed by atoms with Crippen LogP contribution in [0.2, 0.25) is 0 Å². The van der Waals surface area contributed by atoms with Crippen LogP contribution in [0.25, 0.3) is 0 Å². The quantitative estimate of drug-likeness (QED) is 0.519. The molecular formula is C10H12O. The minimum absolute atomic E-state index is 0.238. The average molecular weight is 148 g/mol. The van der Waals surface area contributed by atoms with Crippen molar-refractivity contribution in [2.24, 2.45) is 0 Å². The van der Waals surface area contributed by atoms with Gasteiger partial charge in [-0.2, -0.15) is 0 Å². The molecule has 0 amide bonds. The van der Waals surface area contributed by atoms with Gasteiger partial charge >= 0.3 is 0 Å². The van der Waals surface area contributed by atoms with E-state index in [0.29, 0.717) is 0 Å². The molecule has 0 aromatic heterocycles. The minimum Gasteiger partial charge on any atom is -0.490 e. The van der Waals surface area contributed by atoms with Crippen molar-refractivity contribution in [3.8, 4) is 0 Å². The van der Waals surface area contributed by atoms with Crippen LogP contribution >= 0.6 is 0 Å². The molecule has 0 aromatic carbocycles. The van der Waals surface area contributed by atoms with Gasteiger partial charge in [0.1, 0.15) is 6.10 Å². The van der Waals surface area contributed by atoms with Gasteiger partial charge in [0.2, 0.25) is 0 Å². The molecule has 1 aliphatic heterocycles. The molecule has 0 saturated heterocycles. The maximum Gasteiger partial charge on any atom is 0.137 e. The van der Waals surface area contributed by atoms with Gasteiger partial charge in [0.05, 0.1) is 6.26 Å². The highest BCUT2D eigenvalue weighted by molar-refractivity contribution is 5.23. The van der Waals surface area contributed by atoms with Gasteiger partial charge in [-0.3, -0.25) is 0 Å². The Bertz CT molecular complexity index is 223. The van der Waals surface area contributed by atoms with Crippen molar-refractivity contribution in [2.45, 2.75) is 25.4 Å². The Kier molecular flexibility index (Phi) is 1.80. The molecule has 0 radical (unpaired) electrons. The molecule has 1 atom stereocenters. The Morgan fingerprint density at radius 3 is 3.00 bits per heavy atom. The van der Waals surface area contributed by atoms with Crippen LogP contribution in [0.4, 0.5) is 0 Å². The Morgan fingerprint density at radius 1 is 1.36 bits per heavy atom. The van der Waals surface area contributed by atoms with E-state index >= 15 is 0 Å². The molecule has 1 aliphatic carbocycles. The summed E-state index contributed by atoms with van der Waals surface area (Å²) in [5.74, 6) is 0. The molecule has 0 bridgehead atoms. The van der Waals surface area contributed by atoms with Crippen LogP contribution in [-0.2, 0) is 4.74 Å². The van der Waals surface area contributed by atoms with E-state index in [4.69, 9.17) is 4.74 Å². The van der Waals surface area contributed by atoms with Gasteiger partial charge in [-0.25, -0.2) is 0 Å². The summed E-state index contributed by atoms with van der Waals surface area (Å²) >= 11 is 0. The SMILES string of the molecule is C1=COC(C2=CCCC2)C=C1. The molecule has 1 heteroatoms. The van der Waals surface area contributed by atoms with Crippen molar-refractivity contribution >= 4 is 0 Å². The third kappa shape index (κ3) is 1.37. The maximum absolute atomic E-state index is 5.43. The van der Waals surface area contributed by atoms with E-state index < -0.39 is 0 Å². The van der Waals surface area contributed by atoms with Crippen LogP contribution in [-0.4, -0.2) is 6.10 Å². The standard InChI is InChI=1S/C10H12O/c1-2-6-9(5-1)10-7-3-4-8-11-10/h3-5,7-8,10H,1-2,6H2. The molecule has 2 rings (SSSR count). The molecule has 0 aromatic rings. The van der Waals surface area contributed by atoms with Crippen molar-refractivity contribution < 1.29 is 4.74 Å². The van der Waals surface area contributed by atoms with E-state index in [0.717, 1.165) is 0 Å². The molecule has 0 fully saturated rings. The van der Waals surface area contributed by atoms with Crippen LogP contribution in [0.5, 0.6) is 0 Å². The van der Waals surface area contributed by atoms with Gasteiger partial charge in [0.25, 0.3) is 0 Å². The molecule has 58 valence electrons. The molecule has 11 heavy (non-hydrogen) atoms. The van der Waals surface area contributed by atoms with E-state index in [1.165, 1.54) is 24.8 Å². The maximum atomic E-state index is 5.43. The Morgan fingerprint density at radius 2 is 2.36 bits per heavy atom. The number of allylic oxidation sites excluding steroid dienone is 3. The summed E-state index contributed by atoms with van der Waals surface area (Å²) < 4.78 is 5.43. The Labute approximate surface area is 67.1 Å². The van der Waals surface area contributed by atoms with E-state index in [9.17, 15) is 0 Å². The van der Waals surface area contributed by atoms with Crippen LogP contribution in [0.15, 0.2) is 36.1 Å². The average Bonchev–Trinajstić information content (AvgIpc) is 2.58. The van der Waals surface area contributed by atoms with Crippen LogP contribution in [0.3, 0.4) is 0 Å². The first-order chi connectivity index (χ1) is 5.47. The third-order valence-electron chi connectivity index (χ3n) is 2.14. The van der Waals surface area contributed by atoms with Crippen molar-refractivity contribution in [2.75, 3.05) is 0 Å². The molecule has 0 N–H and O–H groups in total. The topological polar surface area (TPSA) is 9.23 Å². The zero-order valence-electron chi connectivity index (χ0n) is 6.49. The van der Waals surface area contributed by atoms with Gasteiger partial charge < -0.3 is 4.74 Å². The summed E-state index contributed by atoms with van der Waals surface area (Å²) in [7, 11) is 0. The van der Waals surface area contributed by atoms with Crippen molar-refractivity contribution in [1.82, 2.24) is 0 Å². The van der Waals surface area contributed by atoms with Gasteiger partial charge in [-0.15, -0.1) is 0 Å². The van der Waals surface area contributed by atoms with Gasteiger partial charge in [-0.05, 0) is 37.0 Å². The zero-order valence-corrected chi connectivity index (χ0v) is 6.49. The Hall–Kier alpha value is -0.980. The molecule has 1 unspecified atom stereocenters. The highest BCUT2D eigenvalue weighted by atomic mass is 16.5. The molecular weight excluding hydrogens is 136 g/mol. The fourth-order valence-electron chi connectivity index (χ4n) is 1.55. The molecule has 0 saturated carbocycles. The lowest BCUT2D eigenvalue weighted by molar-refractivity contribution is 0.211. The van der Waals surface area contributed by atoms with Crippen LogP contribution in [0, 0.1) is 0 Å². The molecule has 2 aliphatic rings. The highest BCUT2D eigenvalue weighted by Gasteiger charge is 2.15. The number of hydrogen-bond acceptors (Lipinski definition) is 1. The van der Waals surface area contributed by atoms with Crippen LogP contribution < -0.4 is 0 Å². The molecule has 0 spiro atoms. The second kappa shape index (κ2) is 2.95. The van der Waals surface area contributed by atoms with Gasteiger partial charge in [0.15, 0.2) is 0 Å². The zero-order chi connectivity index (χ0) is 7.52. The van der Waals surface area contributed by atoms with Crippen molar-refractivity contribution in [3.05, 3.63) is 36.1 Å². The first-order valence-corrected chi connectivity index (χ1v) is 4.14. The molecule has 1 heterocycles. The summed E-state index contributed by atoms with van der Waals surface area (Å²) in [6.45, 7) is 0. The number of ether oxygens (including phenoxy) is 1. The summed E-state index contributed by atoms with van der Waals surface area (Å²) in [4.78, 5) is 0. The smallest absolute Gasteiger partial charge is 0.137 e. The lowest BCUT2D eigenvalue weighted by Crippen LogP contribution is -2.09. The van der Waals surface area contributed by atoms with E-state index in [2.05, 4.69) is 12.2 Å². The third-order valence-corrected chi connectivity index (χ3v) is 2.14. The largest absolute Gasteiger partial charge is 0.490 e. The van der Waals surface area contributed by atoms with Gasteiger partial charge in [-0.1, -0.05) is 12.2 Å². The molecule has 1 nitrogen and oxygen atoms in total. The highest BCUT2D eigenvalue weighted by Crippen LogP contribution is 2.24. The summed E-state index contributed by atoms with van der Waals surface area (Å²) in [5, 5.41) is 0. The van der Waals surface area contributed by atoms with Crippen LogP contribution in [0.1, 0.15) is 19.3 Å². The summed E-state index contributed by atoms with van der Waals surface area (Å²) in [6.07, 6.45) is 14.1. The first kappa shape index (κ1) is 6.71. The monoisotopic (exact) mass is 148 g/mol. The normalized spacial score (nSPS) is 28.4. The summed E-state index contributed by atoms with van der Waals surface area (Å²) in [5.41, 5.74) is 1.45. The van der Waals surface area contributed by atoms with E-state index in [1.807, 2.05) is 12.2 Å². The number of hydrogen-bond donors (Lipinski definition) is 0. The van der Waals surface area contributed by atoms with Crippen molar-refractivity contribution in [1.29, 1.82) is 0 Å². The van der Waals surface area contributed by atoms with Crippen molar-refractivity contribution in [3.63, 3.8) is 0 Å². The summed E-state index contributed by atoms with van der Waals surface area (Å²) in [6, 6.07) is 0. The first-order valence-electron chi connectivity index (χ1n) is 4.14. The Balaban J connectivity index is 2.05.